The zero-order valence-corrected chi connectivity index (χ0v) is 6.45. The van der Waals surface area contributed by atoms with Crippen molar-refractivity contribution < 1.29 is 10.0 Å². The van der Waals surface area contributed by atoms with Gasteiger partial charge in [0, 0.05) is 6.04 Å². The standard InChI is InChI=1S/C6H16BNO2/c1-6(8)4-2-3-5-7(9)10/h6,9-10H,2-5,8H2,1H3. The van der Waals surface area contributed by atoms with E-state index in [9.17, 15) is 0 Å². The highest BCUT2D eigenvalue weighted by atomic mass is 16.4. The predicted octanol–water partition coefficient (Wildman–Crippen LogP) is -0.0233. The van der Waals surface area contributed by atoms with E-state index >= 15 is 0 Å². The van der Waals surface area contributed by atoms with Crippen LogP contribution in [-0.2, 0) is 0 Å². The number of unbranched alkanes of at least 4 members (excludes halogenated alkanes) is 1. The minimum absolute atomic E-state index is 0.232. The molecule has 4 heteroatoms. The van der Waals surface area contributed by atoms with Crippen molar-refractivity contribution in [3.63, 3.8) is 0 Å². The van der Waals surface area contributed by atoms with Crippen molar-refractivity contribution in [3.8, 4) is 0 Å². The van der Waals surface area contributed by atoms with Gasteiger partial charge in [0.25, 0.3) is 0 Å². The zero-order valence-electron chi connectivity index (χ0n) is 6.45. The molecule has 1 unspecified atom stereocenters. The number of rotatable bonds is 5. The Morgan fingerprint density at radius 3 is 2.40 bits per heavy atom. The van der Waals surface area contributed by atoms with Crippen LogP contribution >= 0.6 is 0 Å². The zero-order chi connectivity index (χ0) is 7.98. The van der Waals surface area contributed by atoms with Gasteiger partial charge in [-0.1, -0.05) is 12.8 Å². The molecule has 0 aliphatic carbocycles. The molecule has 60 valence electrons. The fourth-order valence-corrected chi connectivity index (χ4v) is 0.793. The molecule has 0 aromatic heterocycles. The summed E-state index contributed by atoms with van der Waals surface area (Å²) in [5.74, 6) is 0. The first-order valence-corrected chi connectivity index (χ1v) is 3.74. The van der Waals surface area contributed by atoms with E-state index in [1.165, 1.54) is 0 Å². The lowest BCUT2D eigenvalue weighted by molar-refractivity contribution is 0.401. The highest BCUT2D eigenvalue weighted by Crippen LogP contribution is 2.02. The fourth-order valence-electron chi connectivity index (χ4n) is 0.793. The van der Waals surface area contributed by atoms with E-state index in [4.69, 9.17) is 15.8 Å². The summed E-state index contributed by atoms with van der Waals surface area (Å²) in [6.07, 6.45) is 3.26. The van der Waals surface area contributed by atoms with Crippen molar-refractivity contribution in [2.75, 3.05) is 0 Å². The average molecular weight is 145 g/mol. The second-order valence-corrected chi connectivity index (χ2v) is 2.74. The van der Waals surface area contributed by atoms with Crippen molar-refractivity contribution in [2.24, 2.45) is 5.73 Å². The molecule has 10 heavy (non-hydrogen) atoms. The minimum atomic E-state index is -1.15. The van der Waals surface area contributed by atoms with Crippen LogP contribution in [0, 0.1) is 0 Å². The first kappa shape index (κ1) is 9.94. The molecule has 0 bridgehead atoms. The van der Waals surface area contributed by atoms with Gasteiger partial charge in [0.2, 0.25) is 0 Å². The summed E-state index contributed by atoms with van der Waals surface area (Å²) in [7, 11) is -1.15. The fraction of sp³-hybridized carbons (Fsp3) is 1.00. The lowest BCUT2D eigenvalue weighted by atomic mass is 9.83. The van der Waals surface area contributed by atoms with E-state index < -0.39 is 7.12 Å². The monoisotopic (exact) mass is 145 g/mol. The van der Waals surface area contributed by atoms with Gasteiger partial charge in [-0.05, 0) is 19.7 Å². The summed E-state index contributed by atoms with van der Waals surface area (Å²) in [5, 5.41) is 16.9. The minimum Gasteiger partial charge on any atom is -0.427 e. The quantitative estimate of drug-likeness (QED) is 0.376. The van der Waals surface area contributed by atoms with Crippen LogP contribution in [0.4, 0.5) is 0 Å². The van der Waals surface area contributed by atoms with Crippen molar-refractivity contribution in [3.05, 3.63) is 0 Å². The molecule has 0 saturated heterocycles. The molecule has 0 saturated carbocycles. The van der Waals surface area contributed by atoms with Crippen molar-refractivity contribution in [2.45, 2.75) is 38.5 Å². The normalized spacial score (nSPS) is 13.2. The second-order valence-electron chi connectivity index (χ2n) is 2.74. The Labute approximate surface area is 62.4 Å². The molecule has 0 heterocycles. The maximum absolute atomic E-state index is 8.44. The lowest BCUT2D eigenvalue weighted by Gasteiger charge is -2.03. The van der Waals surface area contributed by atoms with E-state index in [1.807, 2.05) is 6.92 Å². The van der Waals surface area contributed by atoms with E-state index in [0.717, 1.165) is 19.3 Å². The van der Waals surface area contributed by atoms with Crippen molar-refractivity contribution >= 4 is 7.12 Å². The first-order valence-electron chi connectivity index (χ1n) is 3.74. The van der Waals surface area contributed by atoms with Gasteiger partial charge in [0.05, 0.1) is 0 Å². The van der Waals surface area contributed by atoms with E-state index in [1.54, 1.807) is 0 Å². The lowest BCUT2D eigenvalue weighted by Crippen LogP contribution is -2.15. The molecule has 0 radical (unpaired) electrons. The molecule has 0 aromatic rings. The van der Waals surface area contributed by atoms with Gasteiger partial charge in [-0.2, -0.15) is 0 Å². The first-order chi connectivity index (χ1) is 4.63. The van der Waals surface area contributed by atoms with Crippen LogP contribution < -0.4 is 5.73 Å². The Bertz CT molecular complexity index is 68.1. The summed E-state index contributed by atoms with van der Waals surface area (Å²) in [4.78, 5) is 0. The summed E-state index contributed by atoms with van der Waals surface area (Å²) in [5.41, 5.74) is 5.48. The largest absolute Gasteiger partial charge is 0.451 e. The second kappa shape index (κ2) is 5.71. The maximum Gasteiger partial charge on any atom is 0.451 e. The van der Waals surface area contributed by atoms with Gasteiger partial charge in [0.15, 0.2) is 0 Å². The van der Waals surface area contributed by atoms with Gasteiger partial charge in [-0.15, -0.1) is 0 Å². The number of hydrogen-bond acceptors (Lipinski definition) is 3. The van der Waals surface area contributed by atoms with Crippen molar-refractivity contribution in [1.82, 2.24) is 0 Å². The molecule has 0 aliphatic heterocycles. The van der Waals surface area contributed by atoms with Crippen LogP contribution in [0.1, 0.15) is 26.2 Å². The van der Waals surface area contributed by atoms with Crippen LogP contribution in [-0.4, -0.2) is 23.2 Å². The van der Waals surface area contributed by atoms with Gasteiger partial charge in [-0.3, -0.25) is 0 Å². The van der Waals surface area contributed by atoms with Crippen LogP contribution in [0.5, 0.6) is 0 Å². The highest BCUT2D eigenvalue weighted by Gasteiger charge is 2.04. The van der Waals surface area contributed by atoms with E-state index in [0.29, 0.717) is 6.32 Å². The topological polar surface area (TPSA) is 66.5 Å². The Morgan fingerprint density at radius 1 is 1.40 bits per heavy atom. The van der Waals surface area contributed by atoms with Gasteiger partial charge in [-0.25, -0.2) is 0 Å². The molecule has 0 aliphatic rings. The molecular formula is C6H16BNO2. The van der Waals surface area contributed by atoms with E-state index in [2.05, 4.69) is 0 Å². The Morgan fingerprint density at radius 2 is 2.00 bits per heavy atom. The molecular weight excluding hydrogens is 129 g/mol. The number of hydrogen-bond donors (Lipinski definition) is 3. The SMILES string of the molecule is CC(N)CCCCB(O)O. The Balaban J connectivity index is 2.91. The molecule has 1 atom stereocenters. The summed E-state index contributed by atoms with van der Waals surface area (Å²) >= 11 is 0. The molecule has 0 amide bonds. The summed E-state index contributed by atoms with van der Waals surface area (Å²) < 4.78 is 0. The molecule has 0 fully saturated rings. The highest BCUT2D eigenvalue weighted by molar-refractivity contribution is 6.40. The van der Waals surface area contributed by atoms with Crippen LogP contribution in [0.3, 0.4) is 0 Å². The van der Waals surface area contributed by atoms with Crippen molar-refractivity contribution in [1.29, 1.82) is 0 Å². The molecule has 0 spiro atoms. The smallest absolute Gasteiger partial charge is 0.427 e. The van der Waals surface area contributed by atoms with Gasteiger partial charge in [0.1, 0.15) is 0 Å². The van der Waals surface area contributed by atoms with E-state index in [-0.39, 0.29) is 6.04 Å². The third-order valence-corrected chi connectivity index (χ3v) is 1.37. The van der Waals surface area contributed by atoms with Crippen LogP contribution in [0.15, 0.2) is 0 Å². The predicted molar refractivity (Wildman–Crippen MR) is 42.5 cm³/mol. The third kappa shape index (κ3) is 7.94. The Kier molecular flexibility index (Phi) is 5.68. The third-order valence-electron chi connectivity index (χ3n) is 1.37. The Hall–Kier alpha value is -0.0551. The number of nitrogens with two attached hydrogens (primary N) is 1. The summed E-state index contributed by atoms with van der Waals surface area (Å²) in [6.45, 7) is 1.95. The van der Waals surface area contributed by atoms with Crippen LogP contribution in [0.2, 0.25) is 6.32 Å². The molecule has 0 aromatic carbocycles. The van der Waals surface area contributed by atoms with Gasteiger partial charge < -0.3 is 15.8 Å². The average Bonchev–Trinajstić information content (AvgIpc) is 1.79. The van der Waals surface area contributed by atoms with Crippen LogP contribution in [0.25, 0.3) is 0 Å². The van der Waals surface area contributed by atoms with Gasteiger partial charge >= 0.3 is 7.12 Å². The molecule has 0 rings (SSSR count). The summed E-state index contributed by atoms with van der Waals surface area (Å²) in [6, 6.07) is 0.232. The molecule has 4 N–H and O–H groups in total. The molecule has 3 nitrogen and oxygen atoms in total. The maximum atomic E-state index is 8.44.